The Bertz CT molecular complexity index is 729. The molecule has 2 aromatic carbocycles. The fraction of sp³-hybridized carbons (Fsp3) is 0.300. The van der Waals surface area contributed by atoms with Crippen LogP contribution in [0.5, 0.6) is 5.75 Å². The maximum Gasteiger partial charge on any atom is 0.221 e. The number of hydrogen-bond donors (Lipinski definition) is 3. The van der Waals surface area contributed by atoms with Crippen LogP contribution in [0.4, 0.5) is 11.4 Å². The van der Waals surface area contributed by atoms with Gasteiger partial charge in [0.2, 0.25) is 11.8 Å². The van der Waals surface area contributed by atoms with E-state index in [1.54, 1.807) is 7.11 Å². The average Bonchev–Trinajstić information content (AvgIpc) is 2.63. The van der Waals surface area contributed by atoms with Gasteiger partial charge in [0.05, 0.1) is 7.11 Å². The van der Waals surface area contributed by atoms with Crippen LogP contribution in [-0.2, 0) is 16.0 Å². The number of amides is 2. The third-order valence-electron chi connectivity index (χ3n) is 3.80. The van der Waals surface area contributed by atoms with Crippen molar-refractivity contribution < 1.29 is 14.3 Å². The average molecular weight is 355 g/mol. The van der Waals surface area contributed by atoms with Gasteiger partial charge in [-0.3, -0.25) is 9.59 Å². The monoisotopic (exact) mass is 355 g/mol. The highest BCUT2D eigenvalue weighted by Crippen LogP contribution is 2.17. The first-order valence-corrected chi connectivity index (χ1v) is 8.58. The molecule has 2 aromatic rings. The van der Waals surface area contributed by atoms with Gasteiger partial charge in [0, 0.05) is 37.8 Å². The molecule has 0 radical (unpaired) electrons. The van der Waals surface area contributed by atoms with Crippen LogP contribution < -0.4 is 20.7 Å². The Morgan fingerprint density at radius 1 is 0.962 bits per heavy atom. The number of ether oxygens (including phenoxy) is 1. The summed E-state index contributed by atoms with van der Waals surface area (Å²) in [6.45, 7) is 2.59. The van der Waals surface area contributed by atoms with Crippen LogP contribution in [0.15, 0.2) is 48.5 Å². The van der Waals surface area contributed by atoms with E-state index in [-0.39, 0.29) is 11.8 Å². The smallest absolute Gasteiger partial charge is 0.221 e. The molecule has 2 amide bonds. The molecule has 0 saturated carbocycles. The van der Waals surface area contributed by atoms with E-state index < -0.39 is 0 Å². The highest BCUT2D eigenvalue weighted by atomic mass is 16.5. The number of anilines is 2. The number of hydrogen-bond acceptors (Lipinski definition) is 4. The molecule has 6 nitrogen and oxygen atoms in total. The van der Waals surface area contributed by atoms with Gasteiger partial charge in [-0.15, -0.1) is 0 Å². The molecule has 0 aromatic heterocycles. The Hall–Kier alpha value is -3.02. The Balaban J connectivity index is 1.66. The normalized spacial score (nSPS) is 10.1. The first kappa shape index (κ1) is 19.3. The third kappa shape index (κ3) is 6.47. The lowest BCUT2D eigenvalue weighted by molar-refractivity contribution is -0.120. The van der Waals surface area contributed by atoms with E-state index in [2.05, 4.69) is 16.0 Å². The lowest BCUT2D eigenvalue weighted by Gasteiger charge is -2.10. The van der Waals surface area contributed by atoms with Crippen LogP contribution in [0, 0.1) is 0 Å². The van der Waals surface area contributed by atoms with Gasteiger partial charge in [-0.1, -0.05) is 18.2 Å². The van der Waals surface area contributed by atoms with E-state index >= 15 is 0 Å². The number of carbonyl (C=O) groups excluding carboxylic acids is 2. The molecule has 0 aliphatic carbocycles. The lowest BCUT2D eigenvalue weighted by atomic mass is 10.1. The van der Waals surface area contributed by atoms with E-state index in [1.807, 2.05) is 48.5 Å². The summed E-state index contributed by atoms with van der Waals surface area (Å²) < 4.78 is 5.30. The van der Waals surface area contributed by atoms with Crippen molar-refractivity contribution >= 4 is 23.2 Å². The summed E-state index contributed by atoms with van der Waals surface area (Å²) >= 11 is 0. The fourth-order valence-corrected chi connectivity index (χ4v) is 2.53. The number of methoxy groups -OCH3 is 1. The minimum absolute atomic E-state index is 0.00210. The Labute approximate surface area is 153 Å². The van der Waals surface area contributed by atoms with E-state index in [4.69, 9.17) is 4.74 Å². The SMILES string of the molecule is COc1ccccc1CCNC(=O)CCNc1ccc(NC(C)=O)cc1. The van der Waals surface area contributed by atoms with E-state index in [9.17, 15) is 9.59 Å². The van der Waals surface area contributed by atoms with Crippen LogP contribution in [-0.4, -0.2) is 32.0 Å². The topological polar surface area (TPSA) is 79.5 Å². The summed E-state index contributed by atoms with van der Waals surface area (Å²) in [5.41, 5.74) is 2.73. The number of benzene rings is 2. The summed E-state index contributed by atoms with van der Waals surface area (Å²) in [6.07, 6.45) is 1.12. The minimum Gasteiger partial charge on any atom is -0.496 e. The zero-order chi connectivity index (χ0) is 18.8. The van der Waals surface area contributed by atoms with Crippen LogP contribution in [0.25, 0.3) is 0 Å². The molecule has 0 atom stereocenters. The number of para-hydroxylation sites is 1. The molecule has 26 heavy (non-hydrogen) atoms. The van der Waals surface area contributed by atoms with Crippen molar-refractivity contribution in [2.24, 2.45) is 0 Å². The van der Waals surface area contributed by atoms with Gasteiger partial charge in [-0.25, -0.2) is 0 Å². The van der Waals surface area contributed by atoms with Gasteiger partial charge >= 0.3 is 0 Å². The van der Waals surface area contributed by atoms with Crippen molar-refractivity contribution in [3.63, 3.8) is 0 Å². The predicted molar refractivity (Wildman–Crippen MR) is 104 cm³/mol. The zero-order valence-corrected chi connectivity index (χ0v) is 15.2. The van der Waals surface area contributed by atoms with Gasteiger partial charge in [0.15, 0.2) is 0 Å². The van der Waals surface area contributed by atoms with Crippen LogP contribution in [0.3, 0.4) is 0 Å². The first-order valence-electron chi connectivity index (χ1n) is 8.58. The molecular formula is C20H25N3O3. The number of nitrogens with one attached hydrogen (secondary N) is 3. The van der Waals surface area contributed by atoms with Gasteiger partial charge in [0.1, 0.15) is 5.75 Å². The summed E-state index contributed by atoms with van der Waals surface area (Å²) in [4.78, 5) is 22.9. The van der Waals surface area contributed by atoms with E-state index in [1.165, 1.54) is 6.92 Å². The Kier molecular flexibility index (Phi) is 7.49. The molecule has 0 spiro atoms. The van der Waals surface area contributed by atoms with Crippen LogP contribution in [0.1, 0.15) is 18.9 Å². The molecule has 0 aliphatic heterocycles. The Morgan fingerprint density at radius 2 is 1.65 bits per heavy atom. The maximum absolute atomic E-state index is 11.9. The number of rotatable bonds is 9. The van der Waals surface area contributed by atoms with Crippen molar-refractivity contribution in [1.29, 1.82) is 0 Å². The molecule has 0 aliphatic rings. The van der Waals surface area contributed by atoms with Gasteiger partial charge in [-0.2, -0.15) is 0 Å². The third-order valence-corrected chi connectivity index (χ3v) is 3.80. The van der Waals surface area contributed by atoms with Crippen molar-refractivity contribution in [2.45, 2.75) is 19.8 Å². The summed E-state index contributed by atoms with van der Waals surface area (Å²) in [5, 5.41) is 8.82. The Morgan fingerprint density at radius 3 is 2.35 bits per heavy atom. The highest BCUT2D eigenvalue weighted by Gasteiger charge is 2.04. The molecular weight excluding hydrogens is 330 g/mol. The molecule has 0 fully saturated rings. The largest absolute Gasteiger partial charge is 0.496 e. The quantitative estimate of drug-likeness (QED) is 0.646. The molecule has 3 N–H and O–H groups in total. The van der Waals surface area contributed by atoms with Crippen molar-refractivity contribution in [2.75, 3.05) is 30.8 Å². The second kappa shape index (κ2) is 10.1. The maximum atomic E-state index is 11.9. The van der Waals surface area contributed by atoms with Crippen molar-refractivity contribution in [1.82, 2.24) is 5.32 Å². The van der Waals surface area contributed by atoms with Crippen molar-refractivity contribution in [3.05, 3.63) is 54.1 Å². The lowest BCUT2D eigenvalue weighted by Crippen LogP contribution is -2.27. The van der Waals surface area contributed by atoms with Gasteiger partial charge < -0.3 is 20.7 Å². The standard InChI is InChI=1S/C20H25N3O3/c1-15(24)23-18-9-7-17(8-10-18)21-14-12-20(25)22-13-11-16-5-3-4-6-19(16)26-2/h3-10,21H,11-14H2,1-2H3,(H,22,25)(H,23,24). The number of carbonyl (C=O) groups is 2. The molecule has 0 unspecified atom stereocenters. The molecule has 0 bridgehead atoms. The van der Waals surface area contributed by atoms with E-state index in [0.29, 0.717) is 19.5 Å². The van der Waals surface area contributed by atoms with E-state index in [0.717, 1.165) is 29.1 Å². The molecule has 0 saturated heterocycles. The van der Waals surface area contributed by atoms with Gasteiger partial charge in [-0.05, 0) is 42.3 Å². The molecule has 0 heterocycles. The van der Waals surface area contributed by atoms with Gasteiger partial charge in [0.25, 0.3) is 0 Å². The predicted octanol–water partition coefficient (Wildman–Crippen LogP) is 2.81. The summed E-state index contributed by atoms with van der Waals surface area (Å²) in [6, 6.07) is 15.2. The molecule has 2 rings (SSSR count). The zero-order valence-electron chi connectivity index (χ0n) is 15.2. The molecule has 138 valence electrons. The van der Waals surface area contributed by atoms with Crippen molar-refractivity contribution in [3.8, 4) is 5.75 Å². The second-order valence-corrected chi connectivity index (χ2v) is 5.85. The summed E-state index contributed by atoms with van der Waals surface area (Å²) in [5.74, 6) is 0.740. The highest BCUT2D eigenvalue weighted by molar-refractivity contribution is 5.88. The van der Waals surface area contributed by atoms with Crippen LogP contribution >= 0.6 is 0 Å². The fourth-order valence-electron chi connectivity index (χ4n) is 2.53. The van der Waals surface area contributed by atoms with Crippen LogP contribution in [0.2, 0.25) is 0 Å². The molecule has 6 heteroatoms. The second-order valence-electron chi connectivity index (χ2n) is 5.85. The summed E-state index contributed by atoms with van der Waals surface area (Å²) in [7, 11) is 1.64. The first-order chi connectivity index (χ1) is 12.6. The minimum atomic E-state index is -0.101.